The normalized spacial score (nSPS) is 15.6. The van der Waals surface area contributed by atoms with E-state index in [9.17, 15) is 4.79 Å². The average Bonchev–Trinajstić information content (AvgIpc) is 3.20. The van der Waals surface area contributed by atoms with E-state index >= 15 is 0 Å². The van der Waals surface area contributed by atoms with Crippen LogP contribution in [0, 0.1) is 0 Å². The summed E-state index contributed by atoms with van der Waals surface area (Å²) in [6.45, 7) is 3.94. The number of amides is 1. The maximum atomic E-state index is 11.4. The first-order chi connectivity index (χ1) is 12.2. The first-order valence-corrected chi connectivity index (χ1v) is 8.64. The molecule has 4 rings (SSSR count). The molecule has 130 valence electrons. The van der Waals surface area contributed by atoms with E-state index in [1.807, 2.05) is 37.6 Å². The zero-order valence-electron chi connectivity index (χ0n) is 14.4. The maximum Gasteiger partial charge on any atom is 0.234 e. The minimum atomic E-state index is 0.120. The van der Waals surface area contributed by atoms with Gasteiger partial charge in [-0.25, -0.2) is 9.97 Å². The predicted molar refractivity (Wildman–Crippen MR) is 96.0 cm³/mol. The van der Waals surface area contributed by atoms with Crippen molar-refractivity contribution in [1.29, 1.82) is 0 Å². The molecule has 7 nitrogen and oxygen atoms in total. The van der Waals surface area contributed by atoms with Crippen LogP contribution in [0.1, 0.15) is 6.42 Å². The van der Waals surface area contributed by atoms with Crippen LogP contribution in [0.25, 0.3) is 22.7 Å². The fourth-order valence-electron chi connectivity index (χ4n) is 3.39. The van der Waals surface area contributed by atoms with E-state index in [2.05, 4.69) is 30.4 Å². The van der Waals surface area contributed by atoms with Crippen molar-refractivity contribution in [1.82, 2.24) is 29.3 Å². The van der Waals surface area contributed by atoms with Crippen LogP contribution in [0.4, 0.5) is 0 Å². The highest BCUT2D eigenvalue weighted by atomic mass is 16.2. The third-order valence-corrected chi connectivity index (χ3v) is 4.69. The quantitative estimate of drug-likeness (QED) is 0.760. The van der Waals surface area contributed by atoms with Crippen molar-refractivity contribution in [3.63, 3.8) is 0 Å². The van der Waals surface area contributed by atoms with E-state index in [0.717, 1.165) is 55.3 Å². The summed E-state index contributed by atoms with van der Waals surface area (Å²) in [5, 5.41) is 2.86. The standard InChI is InChI=1S/C18H22N6O/c1-22-15-6-3-2-5-14(15)21-18(22)17-20-8-12-24(17)10-4-9-23-11-7-19-16(25)13-23/h2-3,5-6,8,12H,4,7,9-11,13H2,1H3,(H,19,25). The molecular weight excluding hydrogens is 316 g/mol. The van der Waals surface area contributed by atoms with Crippen LogP contribution in [-0.2, 0) is 18.4 Å². The molecule has 1 aromatic carbocycles. The molecule has 2 aromatic heterocycles. The molecule has 0 atom stereocenters. The number of benzene rings is 1. The number of hydrogen-bond acceptors (Lipinski definition) is 4. The van der Waals surface area contributed by atoms with E-state index in [-0.39, 0.29) is 5.91 Å². The molecule has 7 heteroatoms. The lowest BCUT2D eigenvalue weighted by Gasteiger charge is -2.26. The van der Waals surface area contributed by atoms with Gasteiger partial charge in [-0.15, -0.1) is 0 Å². The molecule has 1 N–H and O–H groups in total. The molecule has 1 fully saturated rings. The van der Waals surface area contributed by atoms with E-state index in [0.29, 0.717) is 6.54 Å². The Labute approximate surface area is 146 Å². The largest absolute Gasteiger partial charge is 0.354 e. The van der Waals surface area contributed by atoms with E-state index in [1.54, 1.807) is 0 Å². The van der Waals surface area contributed by atoms with Crippen molar-refractivity contribution in [3.05, 3.63) is 36.7 Å². The highest BCUT2D eigenvalue weighted by Crippen LogP contribution is 2.22. The van der Waals surface area contributed by atoms with Gasteiger partial charge in [0.25, 0.3) is 0 Å². The maximum absolute atomic E-state index is 11.4. The van der Waals surface area contributed by atoms with Crippen molar-refractivity contribution in [2.75, 3.05) is 26.2 Å². The van der Waals surface area contributed by atoms with E-state index in [4.69, 9.17) is 4.98 Å². The number of nitrogens with one attached hydrogen (secondary N) is 1. The molecule has 3 heterocycles. The molecule has 0 spiro atoms. The lowest BCUT2D eigenvalue weighted by molar-refractivity contribution is -0.124. The Morgan fingerprint density at radius 2 is 2.08 bits per heavy atom. The van der Waals surface area contributed by atoms with Gasteiger partial charge in [0.15, 0.2) is 11.6 Å². The number of rotatable bonds is 5. The molecule has 25 heavy (non-hydrogen) atoms. The third kappa shape index (κ3) is 3.15. The van der Waals surface area contributed by atoms with Crippen LogP contribution in [0.15, 0.2) is 36.7 Å². The van der Waals surface area contributed by atoms with Gasteiger partial charge in [-0.3, -0.25) is 9.69 Å². The van der Waals surface area contributed by atoms with E-state index in [1.165, 1.54) is 0 Å². The topological polar surface area (TPSA) is 68.0 Å². The minimum absolute atomic E-state index is 0.120. The van der Waals surface area contributed by atoms with Crippen LogP contribution in [0.3, 0.4) is 0 Å². The summed E-state index contributed by atoms with van der Waals surface area (Å²) < 4.78 is 4.23. The second-order valence-corrected chi connectivity index (χ2v) is 6.41. The summed E-state index contributed by atoms with van der Waals surface area (Å²) in [7, 11) is 2.02. The van der Waals surface area contributed by atoms with Crippen molar-refractivity contribution in [3.8, 4) is 11.6 Å². The van der Waals surface area contributed by atoms with Crippen LogP contribution < -0.4 is 5.32 Å². The average molecular weight is 338 g/mol. The Balaban J connectivity index is 1.48. The smallest absolute Gasteiger partial charge is 0.234 e. The van der Waals surface area contributed by atoms with Gasteiger partial charge in [0.05, 0.1) is 17.6 Å². The number of para-hydroxylation sites is 2. The molecule has 0 bridgehead atoms. The number of imidazole rings is 2. The van der Waals surface area contributed by atoms with Crippen molar-refractivity contribution >= 4 is 16.9 Å². The highest BCUT2D eigenvalue weighted by molar-refractivity contribution is 5.79. The molecule has 1 amide bonds. The fourth-order valence-corrected chi connectivity index (χ4v) is 3.39. The Morgan fingerprint density at radius 3 is 2.92 bits per heavy atom. The lowest BCUT2D eigenvalue weighted by Crippen LogP contribution is -2.47. The van der Waals surface area contributed by atoms with Gasteiger partial charge in [-0.05, 0) is 18.6 Å². The minimum Gasteiger partial charge on any atom is -0.354 e. The first-order valence-electron chi connectivity index (χ1n) is 8.64. The van der Waals surface area contributed by atoms with Crippen LogP contribution in [-0.4, -0.2) is 56.1 Å². The number of aromatic nitrogens is 4. The summed E-state index contributed by atoms with van der Waals surface area (Å²) in [5.74, 6) is 1.88. The second-order valence-electron chi connectivity index (χ2n) is 6.41. The number of carbonyl (C=O) groups is 1. The van der Waals surface area contributed by atoms with E-state index < -0.39 is 0 Å². The predicted octanol–water partition coefficient (Wildman–Crippen LogP) is 1.26. The van der Waals surface area contributed by atoms with Crippen molar-refractivity contribution in [2.24, 2.45) is 7.05 Å². The van der Waals surface area contributed by atoms with Gasteiger partial charge in [0.2, 0.25) is 5.91 Å². The summed E-state index contributed by atoms with van der Waals surface area (Å²) >= 11 is 0. The fraction of sp³-hybridized carbons (Fsp3) is 0.389. The van der Waals surface area contributed by atoms with Gasteiger partial charge in [-0.2, -0.15) is 0 Å². The molecule has 1 saturated heterocycles. The number of aryl methyl sites for hydroxylation is 2. The molecular formula is C18H22N6O. The zero-order valence-corrected chi connectivity index (χ0v) is 14.4. The van der Waals surface area contributed by atoms with Gasteiger partial charge in [0.1, 0.15) is 0 Å². The molecule has 0 aliphatic carbocycles. The molecule has 1 aliphatic heterocycles. The summed E-state index contributed by atoms with van der Waals surface area (Å²) in [6.07, 6.45) is 4.79. The Bertz CT molecular complexity index is 896. The summed E-state index contributed by atoms with van der Waals surface area (Å²) in [6, 6.07) is 8.11. The molecule has 0 unspecified atom stereocenters. The van der Waals surface area contributed by atoms with Crippen molar-refractivity contribution < 1.29 is 4.79 Å². The summed E-state index contributed by atoms with van der Waals surface area (Å²) in [5.41, 5.74) is 2.08. The molecule has 0 radical (unpaired) electrons. The SMILES string of the molecule is Cn1c(-c2nccn2CCCN2CCNC(=O)C2)nc2ccccc21. The van der Waals surface area contributed by atoms with Gasteiger partial charge in [-0.1, -0.05) is 12.1 Å². The second kappa shape index (κ2) is 6.68. The monoisotopic (exact) mass is 338 g/mol. The molecule has 3 aromatic rings. The highest BCUT2D eigenvalue weighted by Gasteiger charge is 2.17. The number of nitrogens with zero attached hydrogens (tertiary/aromatic N) is 5. The third-order valence-electron chi connectivity index (χ3n) is 4.69. The van der Waals surface area contributed by atoms with Gasteiger partial charge < -0.3 is 14.5 Å². The molecule has 0 saturated carbocycles. The Kier molecular flexibility index (Phi) is 4.23. The lowest BCUT2D eigenvalue weighted by atomic mass is 10.3. The zero-order chi connectivity index (χ0) is 17.2. The van der Waals surface area contributed by atoms with Crippen molar-refractivity contribution in [2.45, 2.75) is 13.0 Å². The Morgan fingerprint density at radius 1 is 1.20 bits per heavy atom. The number of hydrogen-bond donors (Lipinski definition) is 1. The van der Waals surface area contributed by atoms with Gasteiger partial charge in [0, 0.05) is 45.6 Å². The summed E-state index contributed by atoms with van der Waals surface area (Å²) in [4.78, 5) is 22.9. The van der Waals surface area contributed by atoms with Crippen LogP contribution >= 0.6 is 0 Å². The molecule has 1 aliphatic rings. The van der Waals surface area contributed by atoms with Crippen LogP contribution in [0.2, 0.25) is 0 Å². The van der Waals surface area contributed by atoms with Crippen LogP contribution in [0.5, 0.6) is 0 Å². The number of piperazine rings is 1. The number of fused-ring (bicyclic) bond motifs is 1. The first kappa shape index (κ1) is 15.8. The Hall–Kier alpha value is -2.67. The van der Waals surface area contributed by atoms with Gasteiger partial charge >= 0.3 is 0 Å². The number of carbonyl (C=O) groups excluding carboxylic acids is 1.